The maximum Gasteiger partial charge on any atom is 0.128 e. The van der Waals surface area contributed by atoms with E-state index in [0.717, 1.165) is 12.8 Å². The van der Waals surface area contributed by atoms with Crippen molar-refractivity contribution in [1.82, 2.24) is 0 Å². The Morgan fingerprint density at radius 2 is 2.14 bits per heavy atom. The first-order valence-corrected chi connectivity index (χ1v) is 5.17. The molecule has 14 heavy (non-hydrogen) atoms. The summed E-state index contributed by atoms with van der Waals surface area (Å²) in [7, 11) is 0. The highest BCUT2D eigenvalue weighted by molar-refractivity contribution is 6.30. The third kappa shape index (κ3) is 1.91. The van der Waals surface area contributed by atoms with E-state index >= 15 is 0 Å². The Bertz CT molecular complexity index is 340. The predicted octanol–water partition coefficient (Wildman–Crippen LogP) is 3.11. The Balaban J connectivity index is 2.24. The molecule has 76 valence electrons. The smallest absolute Gasteiger partial charge is 0.128 e. The fourth-order valence-electron chi connectivity index (χ4n) is 2.07. The lowest BCUT2D eigenvalue weighted by molar-refractivity contribution is 0.181. The van der Waals surface area contributed by atoms with Gasteiger partial charge in [0.15, 0.2) is 0 Å². The molecule has 0 saturated heterocycles. The molecule has 1 aromatic carbocycles. The fraction of sp³-hybridized carbons (Fsp3) is 0.455. The van der Waals surface area contributed by atoms with Gasteiger partial charge in [0, 0.05) is 5.02 Å². The van der Waals surface area contributed by atoms with Crippen molar-refractivity contribution in [3.63, 3.8) is 0 Å². The number of benzene rings is 1. The van der Waals surface area contributed by atoms with Gasteiger partial charge >= 0.3 is 0 Å². The van der Waals surface area contributed by atoms with E-state index in [0.29, 0.717) is 17.0 Å². The zero-order chi connectivity index (χ0) is 10.1. The van der Waals surface area contributed by atoms with E-state index in [9.17, 15) is 9.50 Å². The molecule has 1 aliphatic rings. The molecule has 0 heterocycles. The second kappa shape index (κ2) is 3.87. The molecular weight excluding hydrogens is 203 g/mol. The normalized spacial score (nSPS) is 26.8. The van der Waals surface area contributed by atoms with E-state index in [2.05, 4.69) is 0 Å². The molecule has 0 aliphatic heterocycles. The first-order valence-electron chi connectivity index (χ1n) is 4.80. The molecule has 0 aromatic heterocycles. The zero-order valence-corrected chi connectivity index (χ0v) is 8.47. The summed E-state index contributed by atoms with van der Waals surface area (Å²) >= 11 is 5.66. The first-order chi connectivity index (χ1) is 6.66. The standard InChI is InChI=1S/C11H12ClFO/c12-8-2-4-10(11(13)6-8)7-1-3-9(14)5-7/h2,4,6-7,9,14H,1,3,5H2. The summed E-state index contributed by atoms with van der Waals surface area (Å²) in [5, 5.41) is 9.78. The first kappa shape index (κ1) is 9.94. The lowest BCUT2D eigenvalue weighted by Crippen LogP contribution is -2.01. The molecule has 3 heteroatoms. The Morgan fingerprint density at radius 3 is 2.71 bits per heavy atom. The summed E-state index contributed by atoms with van der Waals surface area (Å²) in [6, 6.07) is 4.76. The minimum atomic E-state index is -0.268. The molecule has 2 unspecified atom stereocenters. The minimum absolute atomic E-state index is 0.155. The molecule has 0 amide bonds. The Kier molecular flexibility index (Phi) is 2.75. The quantitative estimate of drug-likeness (QED) is 0.762. The maximum absolute atomic E-state index is 13.5. The van der Waals surface area contributed by atoms with Gasteiger partial charge in [-0.25, -0.2) is 4.39 Å². The van der Waals surface area contributed by atoms with Crippen molar-refractivity contribution in [2.45, 2.75) is 31.3 Å². The number of aliphatic hydroxyl groups excluding tert-OH is 1. The van der Waals surface area contributed by atoms with E-state index in [1.54, 1.807) is 12.1 Å². The second-order valence-electron chi connectivity index (χ2n) is 3.83. The van der Waals surface area contributed by atoms with Crippen LogP contribution in [-0.4, -0.2) is 11.2 Å². The summed E-state index contributed by atoms with van der Waals surface area (Å²) in [5.74, 6) is -0.0983. The molecule has 1 fully saturated rings. The van der Waals surface area contributed by atoms with Crippen LogP contribution in [0.25, 0.3) is 0 Å². The van der Waals surface area contributed by atoms with Gasteiger partial charge in [0.25, 0.3) is 0 Å². The van der Waals surface area contributed by atoms with Crippen molar-refractivity contribution in [1.29, 1.82) is 0 Å². The summed E-state index contributed by atoms with van der Waals surface area (Å²) in [6.45, 7) is 0. The van der Waals surface area contributed by atoms with Crippen LogP contribution in [0.4, 0.5) is 4.39 Å². The highest BCUT2D eigenvalue weighted by Gasteiger charge is 2.26. The number of halogens is 2. The Hall–Kier alpha value is -0.600. The summed E-state index contributed by atoms with van der Waals surface area (Å²) in [6.07, 6.45) is 2.03. The average molecular weight is 215 g/mol. The van der Waals surface area contributed by atoms with Crippen LogP contribution in [0.2, 0.25) is 5.02 Å². The zero-order valence-electron chi connectivity index (χ0n) is 7.71. The van der Waals surface area contributed by atoms with Crippen molar-refractivity contribution in [2.24, 2.45) is 0 Å². The monoisotopic (exact) mass is 214 g/mol. The number of aliphatic hydroxyl groups is 1. The molecule has 1 N–H and O–H groups in total. The summed E-state index contributed by atoms with van der Waals surface area (Å²) in [5.41, 5.74) is 0.686. The van der Waals surface area contributed by atoms with Gasteiger partial charge in [-0.15, -0.1) is 0 Å². The molecule has 1 aromatic rings. The summed E-state index contributed by atoms with van der Waals surface area (Å²) < 4.78 is 13.5. The van der Waals surface area contributed by atoms with Crippen molar-refractivity contribution in [3.05, 3.63) is 34.6 Å². The SMILES string of the molecule is OC1CCC(c2ccc(Cl)cc2F)C1. The van der Waals surface area contributed by atoms with Gasteiger partial charge in [-0.1, -0.05) is 17.7 Å². The van der Waals surface area contributed by atoms with Crippen LogP contribution in [0.15, 0.2) is 18.2 Å². The third-order valence-electron chi connectivity index (χ3n) is 2.81. The van der Waals surface area contributed by atoms with Crippen LogP contribution < -0.4 is 0 Å². The highest BCUT2D eigenvalue weighted by Crippen LogP contribution is 2.36. The lowest BCUT2D eigenvalue weighted by Gasteiger charge is -2.10. The van der Waals surface area contributed by atoms with Crippen molar-refractivity contribution in [2.75, 3.05) is 0 Å². The van der Waals surface area contributed by atoms with Gasteiger partial charge in [0.2, 0.25) is 0 Å². The number of hydrogen-bond donors (Lipinski definition) is 1. The minimum Gasteiger partial charge on any atom is -0.393 e. The van der Waals surface area contributed by atoms with E-state index in [4.69, 9.17) is 11.6 Å². The van der Waals surface area contributed by atoms with E-state index in [1.165, 1.54) is 6.07 Å². The van der Waals surface area contributed by atoms with Crippen LogP contribution >= 0.6 is 11.6 Å². The summed E-state index contributed by atoms with van der Waals surface area (Å²) in [4.78, 5) is 0. The van der Waals surface area contributed by atoms with Crippen molar-refractivity contribution < 1.29 is 9.50 Å². The number of hydrogen-bond acceptors (Lipinski definition) is 1. The van der Waals surface area contributed by atoms with Gasteiger partial charge in [-0.3, -0.25) is 0 Å². The number of rotatable bonds is 1. The van der Waals surface area contributed by atoms with Gasteiger partial charge in [-0.05, 0) is 42.9 Å². The van der Waals surface area contributed by atoms with Crippen molar-refractivity contribution in [3.8, 4) is 0 Å². The van der Waals surface area contributed by atoms with Gasteiger partial charge in [0.05, 0.1) is 6.10 Å². The molecular formula is C11H12ClFO. The van der Waals surface area contributed by atoms with Crippen LogP contribution in [0, 0.1) is 5.82 Å². The molecule has 0 radical (unpaired) electrons. The molecule has 0 bridgehead atoms. The van der Waals surface area contributed by atoms with E-state index in [-0.39, 0.29) is 17.8 Å². The maximum atomic E-state index is 13.5. The molecule has 2 rings (SSSR count). The lowest BCUT2D eigenvalue weighted by atomic mass is 9.97. The van der Waals surface area contributed by atoms with Crippen LogP contribution in [0.3, 0.4) is 0 Å². The fourth-order valence-corrected chi connectivity index (χ4v) is 2.23. The van der Waals surface area contributed by atoms with Gasteiger partial charge in [-0.2, -0.15) is 0 Å². The predicted molar refractivity (Wildman–Crippen MR) is 54.0 cm³/mol. The van der Waals surface area contributed by atoms with E-state index in [1.807, 2.05) is 0 Å². The third-order valence-corrected chi connectivity index (χ3v) is 3.04. The van der Waals surface area contributed by atoms with E-state index < -0.39 is 0 Å². The second-order valence-corrected chi connectivity index (χ2v) is 4.27. The van der Waals surface area contributed by atoms with Crippen LogP contribution in [-0.2, 0) is 0 Å². The molecule has 2 atom stereocenters. The Morgan fingerprint density at radius 1 is 1.36 bits per heavy atom. The molecule has 0 spiro atoms. The van der Waals surface area contributed by atoms with Gasteiger partial charge < -0.3 is 5.11 Å². The molecule has 1 saturated carbocycles. The topological polar surface area (TPSA) is 20.2 Å². The Labute approximate surface area is 87.5 Å². The molecule has 1 aliphatic carbocycles. The molecule has 1 nitrogen and oxygen atoms in total. The van der Waals surface area contributed by atoms with Crippen LogP contribution in [0.5, 0.6) is 0 Å². The van der Waals surface area contributed by atoms with Crippen LogP contribution in [0.1, 0.15) is 30.7 Å². The van der Waals surface area contributed by atoms with Crippen molar-refractivity contribution >= 4 is 11.6 Å². The highest BCUT2D eigenvalue weighted by atomic mass is 35.5. The van der Waals surface area contributed by atoms with Gasteiger partial charge in [0.1, 0.15) is 5.82 Å². The average Bonchev–Trinajstić information content (AvgIpc) is 2.51. The largest absolute Gasteiger partial charge is 0.393 e.